The molecule has 2 aromatic rings. The molecule has 0 radical (unpaired) electrons. The van der Waals surface area contributed by atoms with Crippen molar-refractivity contribution in [2.75, 3.05) is 0 Å². The summed E-state index contributed by atoms with van der Waals surface area (Å²) in [6.07, 6.45) is 0. The summed E-state index contributed by atoms with van der Waals surface area (Å²) in [5.41, 5.74) is 0. The van der Waals surface area contributed by atoms with E-state index in [1.165, 1.54) is 35.6 Å². The molecule has 1 unspecified atom stereocenters. The van der Waals surface area contributed by atoms with Crippen molar-refractivity contribution in [2.24, 2.45) is 0 Å². The summed E-state index contributed by atoms with van der Waals surface area (Å²) in [6.45, 7) is 0. The number of rotatable bonds is 2. The second-order valence-corrected chi connectivity index (χ2v) is 5.71. The van der Waals surface area contributed by atoms with Gasteiger partial charge >= 0.3 is 0 Å². The minimum Gasteiger partial charge on any atom is -0.247 e. The van der Waals surface area contributed by atoms with Crippen molar-refractivity contribution in [3.63, 3.8) is 0 Å². The largest absolute Gasteiger partial charge is 0.247 e. The molecule has 2 aromatic carbocycles. The molecular formula is C13H8F2O2S. The van der Waals surface area contributed by atoms with E-state index in [2.05, 4.69) is 0 Å². The van der Waals surface area contributed by atoms with E-state index in [-0.39, 0.29) is 9.79 Å². The first kappa shape index (κ1) is 12.5. The van der Waals surface area contributed by atoms with Gasteiger partial charge in [-0.3, -0.25) is 0 Å². The van der Waals surface area contributed by atoms with Gasteiger partial charge in [0.2, 0.25) is 0 Å². The van der Waals surface area contributed by atoms with Crippen molar-refractivity contribution in [3.05, 3.63) is 60.2 Å². The van der Waals surface area contributed by atoms with Crippen molar-refractivity contribution >= 4 is 14.8 Å². The van der Waals surface area contributed by atoms with Gasteiger partial charge in [0.25, 0.3) is 0 Å². The van der Waals surface area contributed by atoms with E-state index in [1.54, 1.807) is 0 Å². The number of carbonyl (C=O) groups excluding carboxylic acids is 1. The number of halogens is 2. The molecule has 18 heavy (non-hydrogen) atoms. The van der Waals surface area contributed by atoms with E-state index in [9.17, 15) is 17.8 Å². The maximum absolute atomic E-state index is 13.6. The second kappa shape index (κ2) is 4.72. The monoisotopic (exact) mass is 266 g/mol. The molecule has 2 nitrogen and oxygen atoms in total. The Kier molecular flexibility index (Phi) is 3.28. The molecule has 0 aliphatic rings. The summed E-state index contributed by atoms with van der Waals surface area (Å²) < 4.78 is 38.9. The molecular weight excluding hydrogens is 258 g/mol. The second-order valence-electron chi connectivity index (χ2n) is 3.52. The average Bonchev–Trinajstić information content (AvgIpc) is 2.39. The first-order valence-corrected chi connectivity index (χ1v) is 6.57. The van der Waals surface area contributed by atoms with E-state index in [0.29, 0.717) is 0 Å². The molecule has 92 valence electrons. The summed E-state index contributed by atoms with van der Waals surface area (Å²) in [5.74, 6) is -1.28. The number of hydrogen-bond donors (Lipinski definition) is 0. The standard InChI is InChI=1S/C13H8F2O2S/c14-10-5-7-11(8-6-10)18(17,9-16)13-4-2-1-3-12(13)15/h1-8H. The van der Waals surface area contributed by atoms with E-state index in [4.69, 9.17) is 0 Å². The van der Waals surface area contributed by atoms with Crippen LogP contribution < -0.4 is 0 Å². The molecule has 0 aliphatic heterocycles. The Morgan fingerprint density at radius 1 is 0.944 bits per heavy atom. The van der Waals surface area contributed by atoms with Gasteiger partial charge in [-0.25, -0.2) is 17.8 Å². The highest BCUT2D eigenvalue weighted by atomic mass is 32.2. The quantitative estimate of drug-likeness (QED) is 0.783. The van der Waals surface area contributed by atoms with Crippen molar-refractivity contribution in [1.82, 2.24) is 0 Å². The summed E-state index contributed by atoms with van der Waals surface area (Å²) in [5, 5.41) is 1.39. The fourth-order valence-corrected chi connectivity index (χ4v) is 3.10. The predicted octanol–water partition coefficient (Wildman–Crippen LogP) is 2.73. The predicted molar refractivity (Wildman–Crippen MR) is 63.2 cm³/mol. The van der Waals surface area contributed by atoms with Crippen LogP contribution in [-0.4, -0.2) is 9.44 Å². The van der Waals surface area contributed by atoms with E-state index in [0.717, 1.165) is 18.2 Å². The zero-order valence-corrected chi connectivity index (χ0v) is 9.92. The fraction of sp³-hybridized carbons (Fsp3) is 0. The zero-order chi connectivity index (χ0) is 13.2. The van der Waals surface area contributed by atoms with Crippen LogP contribution in [0.3, 0.4) is 0 Å². The van der Waals surface area contributed by atoms with Crippen molar-refractivity contribution < 1.29 is 17.8 Å². The van der Waals surface area contributed by atoms with Gasteiger partial charge in [0.15, 0.2) is 5.23 Å². The molecule has 0 fully saturated rings. The highest BCUT2D eigenvalue weighted by Crippen LogP contribution is 2.23. The van der Waals surface area contributed by atoms with Gasteiger partial charge in [0, 0.05) is 4.90 Å². The lowest BCUT2D eigenvalue weighted by Crippen LogP contribution is -2.05. The molecule has 0 bridgehead atoms. The number of benzene rings is 2. The lowest BCUT2D eigenvalue weighted by Gasteiger charge is -2.08. The topological polar surface area (TPSA) is 34.1 Å². The van der Waals surface area contributed by atoms with Crippen molar-refractivity contribution in [3.8, 4) is 0 Å². The van der Waals surface area contributed by atoms with Gasteiger partial charge in [-0.15, -0.1) is 0 Å². The Hall–Kier alpha value is -1.97. The maximum Gasteiger partial charge on any atom is 0.195 e. The highest BCUT2D eigenvalue weighted by Gasteiger charge is 2.19. The Morgan fingerprint density at radius 2 is 1.56 bits per heavy atom. The summed E-state index contributed by atoms with van der Waals surface area (Å²) in [6, 6.07) is 9.76. The van der Waals surface area contributed by atoms with Crippen LogP contribution >= 0.6 is 0 Å². The third-order valence-corrected chi connectivity index (χ3v) is 4.53. The minimum atomic E-state index is -3.48. The molecule has 0 saturated carbocycles. The Balaban J connectivity index is 2.72. The molecule has 0 amide bonds. The summed E-state index contributed by atoms with van der Waals surface area (Å²) >= 11 is 0. The van der Waals surface area contributed by atoms with Gasteiger partial charge < -0.3 is 0 Å². The number of hydrogen-bond acceptors (Lipinski definition) is 2. The molecule has 0 spiro atoms. The Morgan fingerprint density at radius 3 is 2.11 bits per heavy atom. The highest BCUT2D eigenvalue weighted by molar-refractivity contribution is 8.00. The van der Waals surface area contributed by atoms with Crippen LogP contribution in [0.25, 0.3) is 0 Å². The smallest absolute Gasteiger partial charge is 0.195 e. The van der Waals surface area contributed by atoms with Gasteiger partial charge in [-0.2, -0.15) is 0 Å². The molecule has 0 heterocycles. The van der Waals surface area contributed by atoms with Gasteiger partial charge in [0.1, 0.15) is 21.2 Å². The maximum atomic E-state index is 13.6. The van der Waals surface area contributed by atoms with Gasteiger partial charge in [-0.1, -0.05) is 12.1 Å². The third kappa shape index (κ3) is 2.06. The SMILES string of the molecule is O=C=S(=O)(c1ccc(F)cc1)c1ccccc1F. The Bertz CT molecular complexity index is 710. The van der Waals surface area contributed by atoms with E-state index in [1.807, 2.05) is 0 Å². The molecule has 2 rings (SSSR count). The fourth-order valence-electron chi connectivity index (χ4n) is 1.52. The molecule has 0 saturated heterocycles. The third-order valence-electron chi connectivity index (χ3n) is 2.41. The first-order valence-electron chi connectivity index (χ1n) is 5.01. The van der Waals surface area contributed by atoms with Crippen LogP contribution in [0.2, 0.25) is 0 Å². The molecule has 5 heteroatoms. The lowest BCUT2D eigenvalue weighted by molar-refractivity contribution is 0.567. The van der Waals surface area contributed by atoms with Crippen LogP contribution in [0.1, 0.15) is 0 Å². The minimum absolute atomic E-state index is 0.0315. The van der Waals surface area contributed by atoms with E-state index >= 15 is 0 Å². The van der Waals surface area contributed by atoms with Crippen LogP contribution in [0.4, 0.5) is 8.78 Å². The average molecular weight is 266 g/mol. The van der Waals surface area contributed by atoms with Crippen LogP contribution in [0, 0.1) is 11.6 Å². The van der Waals surface area contributed by atoms with Crippen LogP contribution in [0.5, 0.6) is 0 Å². The van der Waals surface area contributed by atoms with E-state index < -0.39 is 21.2 Å². The molecule has 0 aromatic heterocycles. The van der Waals surface area contributed by atoms with Gasteiger partial charge in [-0.05, 0) is 36.4 Å². The summed E-state index contributed by atoms with van der Waals surface area (Å²) in [7, 11) is -3.48. The first-order chi connectivity index (χ1) is 8.58. The van der Waals surface area contributed by atoms with Crippen LogP contribution in [-0.2, 0) is 14.3 Å². The molecule has 0 N–H and O–H groups in total. The molecule has 1 atom stereocenters. The van der Waals surface area contributed by atoms with Crippen molar-refractivity contribution in [2.45, 2.75) is 9.79 Å². The lowest BCUT2D eigenvalue weighted by atomic mass is 10.3. The zero-order valence-electron chi connectivity index (χ0n) is 9.10. The van der Waals surface area contributed by atoms with Crippen LogP contribution in [0.15, 0.2) is 58.3 Å². The van der Waals surface area contributed by atoms with Crippen molar-refractivity contribution in [1.29, 1.82) is 0 Å². The van der Waals surface area contributed by atoms with Gasteiger partial charge in [0.05, 0.1) is 4.90 Å². The normalized spacial score (nSPS) is 13.7. The summed E-state index contributed by atoms with van der Waals surface area (Å²) in [4.78, 5) is 10.8. The Labute approximate surface area is 103 Å². The molecule has 0 aliphatic carbocycles.